The fraction of sp³-hybridized carbons (Fsp3) is 0.100. The summed E-state index contributed by atoms with van der Waals surface area (Å²) >= 11 is 0. The molecule has 0 N–H and O–H groups in total. The molecule has 0 saturated carbocycles. The van der Waals surface area contributed by atoms with Crippen molar-refractivity contribution in [2.75, 3.05) is 14.2 Å². The number of ether oxygens (including phenoxy) is 2. The third-order valence-corrected chi connectivity index (χ3v) is 8.26. The second kappa shape index (κ2) is 8.43. The molecule has 0 aliphatic carbocycles. The van der Waals surface area contributed by atoms with Gasteiger partial charge in [-0.15, -0.1) is 0 Å². The van der Waals surface area contributed by atoms with Crippen LogP contribution in [0.5, 0.6) is 11.5 Å². The molecule has 0 bridgehead atoms. The van der Waals surface area contributed by atoms with Gasteiger partial charge < -0.3 is 9.47 Å². The van der Waals surface area contributed by atoms with E-state index in [0.717, 1.165) is 50.6 Å². The van der Waals surface area contributed by atoms with Gasteiger partial charge in [-0.05, 0) is 36.4 Å². The van der Waals surface area contributed by atoms with Crippen LogP contribution >= 0.6 is 0 Å². The van der Waals surface area contributed by atoms with Crippen molar-refractivity contribution in [2.45, 2.75) is 19.6 Å². The molecule has 0 atom stereocenters. The zero-order valence-electron chi connectivity index (χ0n) is 16.4. The molecular weight excluding hydrogens is 476 g/mol. The molecule has 6 nitrogen and oxygen atoms in total. The Morgan fingerprint density at radius 1 is 0.531 bits per heavy atom. The number of halogens is 4. The summed E-state index contributed by atoms with van der Waals surface area (Å²) in [4.78, 5) is -4.25. The summed E-state index contributed by atoms with van der Waals surface area (Å²) in [5.41, 5.74) is 0. The smallest absolute Gasteiger partial charge is 0.210 e. The fourth-order valence-corrected chi connectivity index (χ4v) is 6.35. The first-order valence-electron chi connectivity index (χ1n) is 8.61. The third-order valence-electron chi connectivity index (χ3n) is 4.47. The largest absolute Gasteiger partial charge is 0.494 e. The number of sulfone groups is 2. The predicted octanol–water partition coefficient (Wildman–Crippen LogP) is 3.93. The lowest BCUT2D eigenvalue weighted by Gasteiger charge is -2.14. The van der Waals surface area contributed by atoms with Crippen molar-refractivity contribution in [3.05, 3.63) is 71.8 Å². The van der Waals surface area contributed by atoms with Crippen molar-refractivity contribution in [3.8, 4) is 11.5 Å². The molecule has 0 aliphatic heterocycles. The van der Waals surface area contributed by atoms with E-state index in [4.69, 9.17) is 0 Å². The lowest BCUT2D eigenvalue weighted by Crippen LogP contribution is -2.14. The van der Waals surface area contributed by atoms with Crippen molar-refractivity contribution in [1.29, 1.82) is 0 Å². The van der Waals surface area contributed by atoms with E-state index in [1.54, 1.807) is 0 Å². The summed E-state index contributed by atoms with van der Waals surface area (Å²) in [6, 6.07) is 7.00. The molecular formula is C20H14F4O6S2. The van der Waals surface area contributed by atoms with Crippen molar-refractivity contribution < 1.29 is 43.9 Å². The number of hydrogen-bond acceptors (Lipinski definition) is 6. The van der Waals surface area contributed by atoms with Gasteiger partial charge in [-0.2, -0.15) is 8.78 Å². The van der Waals surface area contributed by atoms with Gasteiger partial charge in [-0.3, -0.25) is 0 Å². The standard InChI is InChI=1S/C20H14F4O6S2/c1-29-11-7-9-15(19(23)17(11)21)31(25,26)13-5-3-4-6-14(13)32(27,28)16-10-8-12(30-2)18(22)20(16)24/h3-10H,1-2H3. The van der Waals surface area contributed by atoms with Crippen molar-refractivity contribution in [2.24, 2.45) is 0 Å². The summed E-state index contributed by atoms with van der Waals surface area (Å²) in [6.07, 6.45) is 0. The van der Waals surface area contributed by atoms with Crippen LogP contribution < -0.4 is 9.47 Å². The van der Waals surface area contributed by atoms with Crippen LogP contribution in [0.2, 0.25) is 0 Å². The first-order chi connectivity index (χ1) is 15.0. The van der Waals surface area contributed by atoms with Crippen LogP contribution in [0.3, 0.4) is 0 Å². The summed E-state index contributed by atoms with van der Waals surface area (Å²) in [7, 11) is -7.85. The van der Waals surface area contributed by atoms with Gasteiger partial charge in [0.1, 0.15) is 9.79 Å². The van der Waals surface area contributed by atoms with E-state index in [9.17, 15) is 34.4 Å². The Morgan fingerprint density at radius 2 is 0.875 bits per heavy atom. The fourth-order valence-electron chi connectivity index (χ4n) is 2.89. The highest BCUT2D eigenvalue weighted by molar-refractivity contribution is 7.94. The van der Waals surface area contributed by atoms with Crippen molar-refractivity contribution in [1.82, 2.24) is 0 Å². The summed E-state index contributed by atoms with van der Waals surface area (Å²) in [5.74, 6) is -7.93. The van der Waals surface area contributed by atoms with E-state index in [-0.39, 0.29) is 0 Å². The van der Waals surface area contributed by atoms with Crippen LogP contribution in [0.4, 0.5) is 17.6 Å². The average Bonchev–Trinajstić information content (AvgIpc) is 2.77. The molecule has 3 aromatic carbocycles. The van der Waals surface area contributed by atoms with Crippen molar-refractivity contribution >= 4 is 19.7 Å². The molecule has 0 spiro atoms. The minimum absolute atomic E-state index is 0.571. The van der Waals surface area contributed by atoms with Gasteiger partial charge >= 0.3 is 0 Å². The first-order valence-corrected chi connectivity index (χ1v) is 11.6. The van der Waals surface area contributed by atoms with Gasteiger partial charge in [0.2, 0.25) is 31.3 Å². The summed E-state index contributed by atoms with van der Waals surface area (Å²) < 4.78 is 119. The molecule has 3 rings (SSSR count). The van der Waals surface area contributed by atoms with Gasteiger partial charge in [-0.25, -0.2) is 25.6 Å². The normalized spacial score (nSPS) is 11.9. The number of hydrogen-bond donors (Lipinski definition) is 0. The predicted molar refractivity (Wildman–Crippen MR) is 103 cm³/mol. The molecule has 12 heteroatoms. The van der Waals surface area contributed by atoms with Gasteiger partial charge in [0.15, 0.2) is 23.1 Å². The zero-order chi connectivity index (χ0) is 23.8. The molecule has 32 heavy (non-hydrogen) atoms. The maximum absolute atomic E-state index is 14.5. The van der Waals surface area contributed by atoms with Gasteiger partial charge in [0.25, 0.3) is 0 Å². The molecule has 0 amide bonds. The highest BCUT2D eigenvalue weighted by atomic mass is 32.2. The second-order valence-electron chi connectivity index (χ2n) is 6.24. The van der Waals surface area contributed by atoms with Gasteiger partial charge in [0.05, 0.1) is 24.0 Å². The van der Waals surface area contributed by atoms with Crippen LogP contribution in [0, 0.1) is 23.3 Å². The van der Waals surface area contributed by atoms with E-state index in [1.165, 1.54) is 0 Å². The Kier molecular flexibility index (Phi) is 6.20. The van der Waals surface area contributed by atoms with Crippen LogP contribution in [-0.2, 0) is 19.7 Å². The monoisotopic (exact) mass is 490 g/mol. The minimum Gasteiger partial charge on any atom is -0.494 e. The highest BCUT2D eigenvalue weighted by Crippen LogP contribution is 2.36. The quantitative estimate of drug-likeness (QED) is 0.487. The second-order valence-corrected chi connectivity index (χ2v) is 10.0. The van der Waals surface area contributed by atoms with Crippen molar-refractivity contribution in [3.63, 3.8) is 0 Å². The summed E-state index contributed by atoms with van der Waals surface area (Å²) in [5, 5.41) is 0. The molecule has 0 heterocycles. The Labute approximate surface area is 180 Å². The molecule has 0 aliphatic rings. The first kappa shape index (κ1) is 23.5. The number of benzene rings is 3. The zero-order valence-corrected chi connectivity index (χ0v) is 18.0. The Hall–Kier alpha value is -3.12. The highest BCUT2D eigenvalue weighted by Gasteiger charge is 2.34. The Morgan fingerprint density at radius 3 is 1.19 bits per heavy atom. The van der Waals surface area contributed by atoms with E-state index >= 15 is 0 Å². The Bertz CT molecular complexity index is 1310. The number of methoxy groups -OCH3 is 2. The molecule has 0 fully saturated rings. The number of rotatable bonds is 6. The van der Waals surface area contributed by atoms with E-state index in [1.807, 2.05) is 0 Å². The topological polar surface area (TPSA) is 86.7 Å². The van der Waals surface area contributed by atoms with Crippen LogP contribution in [0.15, 0.2) is 68.1 Å². The molecule has 0 aromatic heterocycles. The Balaban J connectivity index is 2.27. The maximum Gasteiger partial charge on any atom is 0.210 e. The molecule has 0 saturated heterocycles. The van der Waals surface area contributed by atoms with E-state index in [2.05, 4.69) is 9.47 Å². The molecule has 0 radical (unpaired) electrons. The van der Waals surface area contributed by atoms with Gasteiger partial charge in [-0.1, -0.05) is 12.1 Å². The van der Waals surface area contributed by atoms with E-state index in [0.29, 0.717) is 12.1 Å². The summed E-state index contributed by atoms with van der Waals surface area (Å²) in [6.45, 7) is 0. The molecule has 3 aromatic rings. The SMILES string of the molecule is COc1ccc(S(=O)(=O)c2ccccc2S(=O)(=O)c2ccc(OC)c(F)c2F)c(F)c1F. The van der Waals surface area contributed by atoms with Gasteiger partial charge in [0, 0.05) is 0 Å². The lowest BCUT2D eigenvalue weighted by atomic mass is 10.3. The van der Waals surface area contributed by atoms with Crippen LogP contribution in [0.25, 0.3) is 0 Å². The van der Waals surface area contributed by atoms with E-state index < -0.39 is 74.0 Å². The average molecular weight is 490 g/mol. The molecule has 170 valence electrons. The maximum atomic E-state index is 14.5. The minimum atomic E-state index is -4.97. The van der Waals surface area contributed by atoms with Crippen LogP contribution in [-0.4, -0.2) is 31.1 Å². The van der Waals surface area contributed by atoms with Crippen LogP contribution in [0.1, 0.15) is 0 Å². The third kappa shape index (κ3) is 3.69. The molecule has 0 unspecified atom stereocenters. The lowest BCUT2D eigenvalue weighted by molar-refractivity contribution is 0.367.